The van der Waals surface area contributed by atoms with Gasteiger partial charge in [-0.15, -0.1) is 0 Å². The van der Waals surface area contributed by atoms with Gasteiger partial charge in [0.25, 0.3) is 5.91 Å². The fourth-order valence-electron chi connectivity index (χ4n) is 2.41. The van der Waals surface area contributed by atoms with Gasteiger partial charge in [0, 0.05) is 24.0 Å². The molecule has 0 aliphatic carbocycles. The number of rotatable bonds is 7. The molecule has 0 saturated heterocycles. The number of nitrogens with one attached hydrogen (secondary N) is 3. The standard InChI is InChI=1S/C18H19FN6OS/c1-12-7-14(25-11-13(9-20-2)10-21-25)8-16(22-12)18(26)23-24-27-17-6-4-3-5-15(17)19/h3-8,10-11,20,24H,9H2,1-2H3,(H,23,26). The third kappa shape index (κ3) is 4.91. The van der Waals surface area contributed by atoms with Crippen LogP contribution in [0.5, 0.6) is 0 Å². The first-order chi connectivity index (χ1) is 13.1. The summed E-state index contributed by atoms with van der Waals surface area (Å²) in [4.78, 5) is 19.7. The number of hydrogen-bond donors (Lipinski definition) is 3. The Morgan fingerprint density at radius 2 is 2.11 bits per heavy atom. The Hall–Kier alpha value is -2.75. The van der Waals surface area contributed by atoms with Crippen molar-refractivity contribution in [2.45, 2.75) is 18.4 Å². The molecule has 3 N–H and O–H groups in total. The van der Waals surface area contributed by atoms with E-state index in [0.29, 0.717) is 17.1 Å². The Balaban J connectivity index is 1.69. The van der Waals surface area contributed by atoms with E-state index in [4.69, 9.17) is 0 Å². The summed E-state index contributed by atoms with van der Waals surface area (Å²) in [5.74, 6) is -0.789. The first-order valence-electron chi connectivity index (χ1n) is 8.21. The summed E-state index contributed by atoms with van der Waals surface area (Å²) < 4.78 is 15.3. The third-order valence-electron chi connectivity index (χ3n) is 3.61. The van der Waals surface area contributed by atoms with Crippen molar-refractivity contribution in [3.8, 4) is 5.69 Å². The summed E-state index contributed by atoms with van der Waals surface area (Å²) in [6, 6.07) is 9.78. The highest BCUT2D eigenvalue weighted by Gasteiger charge is 2.11. The van der Waals surface area contributed by atoms with E-state index < -0.39 is 5.91 Å². The van der Waals surface area contributed by atoms with Gasteiger partial charge in [-0.1, -0.05) is 12.1 Å². The van der Waals surface area contributed by atoms with Crippen LogP contribution < -0.4 is 15.6 Å². The Morgan fingerprint density at radius 3 is 2.89 bits per heavy atom. The van der Waals surface area contributed by atoms with E-state index >= 15 is 0 Å². The molecule has 0 spiro atoms. The van der Waals surface area contributed by atoms with Crippen molar-refractivity contribution < 1.29 is 9.18 Å². The van der Waals surface area contributed by atoms with Crippen LogP contribution in [0.25, 0.3) is 5.69 Å². The number of carbonyl (C=O) groups is 1. The number of aryl methyl sites for hydroxylation is 1. The number of pyridine rings is 1. The van der Waals surface area contributed by atoms with Gasteiger partial charge in [-0.2, -0.15) is 9.93 Å². The van der Waals surface area contributed by atoms with Crippen LogP contribution in [0.4, 0.5) is 4.39 Å². The highest BCUT2D eigenvalue weighted by Crippen LogP contribution is 2.17. The van der Waals surface area contributed by atoms with Gasteiger partial charge in [0.05, 0.1) is 16.8 Å². The second-order valence-electron chi connectivity index (χ2n) is 5.76. The molecule has 3 rings (SSSR count). The van der Waals surface area contributed by atoms with Crippen LogP contribution in [0.2, 0.25) is 0 Å². The van der Waals surface area contributed by atoms with Crippen molar-refractivity contribution >= 4 is 17.9 Å². The number of hydrazine groups is 1. The SMILES string of the molecule is CNCc1cnn(-c2cc(C)nc(C(=O)NNSc3ccccc3F)c2)c1. The molecule has 2 aromatic heterocycles. The van der Waals surface area contributed by atoms with Gasteiger partial charge in [0.2, 0.25) is 0 Å². The number of aromatic nitrogens is 3. The maximum Gasteiger partial charge on any atom is 0.284 e. The van der Waals surface area contributed by atoms with Gasteiger partial charge in [-0.05, 0) is 50.2 Å². The molecule has 7 nitrogen and oxygen atoms in total. The molecule has 0 aliphatic rings. The molecule has 0 saturated carbocycles. The molecular formula is C18H19FN6OS. The van der Waals surface area contributed by atoms with Gasteiger partial charge in [-0.3, -0.25) is 10.2 Å². The van der Waals surface area contributed by atoms with Crippen LogP contribution in [0.1, 0.15) is 21.7 Å². The van der Waals surface area contributed by atoms with Crippen LogP contribution in [0.15, 0.2) is 53.7 Å². The number of amides is 1. The maximum atomic E-state index is 13.6. The van der Waals surface area contributed by atoms with E-state index in [9.17, 15) is 9.18 Å². The average Bonchev–Trinajstić information content (AvgIpc) is 3.12. The molecule has 140 valence electrons. The highest BCUT2D eigenvalue weighted by atomic mass is 32.2. The largest absolute Gasteiger partial charge is 0.316 e. The minimum atomic E-state index is -0.425. The smallest absolute Gasteiger partial charge is 0.284 e. The molecule has 1 amide bonds. The van der Waals surface area contributed by atoms with Crippen molar-refractivity contribution in [2.24, 2.45) is 0 Å². The second kappa shape index (κ2) is 8.76. The van der Waals surface area contributed by atoms with Crippen molar-refractivity contribution in [3.05, 3.63) is 71.6 Å². The van der Waals surface area contributed by atoms with E-state index in [0.717, 1.165) is 23.2 Å². The summed E-state index contributed by atoms with van der Waals surface area (Å²) >= 11 is 0.974. The zero-order chi connectivity index (χ0) is 19.2. The molecule has 0 bridgehead atoms. The van der Waals surface area contributed by atoms with Gasteiger partial charge in [-0.25, -0.2) is 14.1 Å². The van der Waals surface area contributed by atoms with Crippen LogP contribution in [-0.2, 0) is 6.54 Å². The van der Waals surface area contributed by atoms with E-state index in [2.05, 4.69) is 25.7 Å². The van der Waals surface area contributed by atoms with Gasteiger partial charge in [0.15, 0.2) is 0 Å². The lowest BCUT2D eigenvalue weighted by molar-refractivity contribution is 0.0941. The fourth-order valence-corrected chi connectivity index (χ4v) is 2.98. The molecule has 27 heavy (non-hydrogen) atoms. The second-order valence-corrected chi connectivity index (χ2v) is 6.61. The molecule has 0 fully saturated rings. The minimum absolute atomic E-state index is 0.234. The summed E-state index contributed by atoms with van der Waals surface area (Å²) in [5, 5.41) is 7.38. The quantitative estimate of drug-likeness (QED) is 0.427. The maximum absolute atomic E-state index is 13.6. The molecule has 0 atom stereocenters. The van der Waals surface area contributed by atoms with Crippen molar-refractivity contribution in [3.63, 3.8) is 0 Å². The molecule has 0 unspecified atom stereocenters. The van der Waals surface area contributed by atoms with Gasteiger partial charge in [0.1, 0.15) is 11.5 Å². The number of halogens is 1. The summed E-state index contributed by atoms with van der Waals surface area (Å²) in [5.41, 5.74) is 5.19. The molecule has 2 heterocycles. The molecule has 0 radical (unpaired) electrons. The van der Waals surface area contributed by atoms with Crippen LogP contribution >= 0.6 is 11.9 Å². The molecule has 0 aliphatic heterocycles. The van der Waals surface area contributed by atoms with Crippen molar-refractivity contribution in [1.82, 2.24) is 30.3 Å². The number of benzene rings is 1. The summed E-state index contributed by atoms with van der Waals surface area (Å²) in [7, 11) is 1.86. The van der Waals surface area contributed by atoms with E-state index in [1.165, 1.54) is 6.07 Å². The Bertz CT molecular complexity index is 945. The van der Waals surface area contributed by atoms with Crippen LogP contribution in [-0.4, -0.2) is 27.7 Å². The normalized spacial score (nSPS) is 10.8. The van der Waals surface area contributed by atoms with Gasteiger partial charge < -0.3 is 5.32 Å². The molecule has 9 heteroatoms. The zero-order valence-corrected chi connectivity index (χ0v) is 15.7. The lowest BCUT2D eigenvalue weighted by Crippen LogP contribution is -2.33. The number of nitrogens with zero attached hydrogens (tertiary/aromatic N) is 3. The fraction of sp³-hybridized carbons (Fsp3) is 0.167. The first-order valence-corrected chi connectivity index (χ1v) is 9.02. The highest BCUT2D eigenvalue weighted by molar-refractivity contribution is 7.97. The summed E-state index contributed by atoms with van der Waals surface area (Å²) in [6.45, 7) is 2.51. The average molecular weight is 386 g/mol. The van der Waals surface area contributed by atoms with Gasteiger partial charge >= 0.3 is 0 Å². The molecule has 3 aromatic rings. The van der Waals surface area contributed by atoms with Crippen molar-refractivity contribution in [2.75, 3.05) is 7.05 Å². The topological polar surface area (TPSA) is 83.9 Å². The predicted molar refractivity (Wildman–Crippen MR) is 102 cm³/mol. The number of hydrogen-bond acceptors (Lipinski definition) is 6. The monoisotopic (exact) mass is 386 g/mol. The first kappa shape index (κ1) is 19.0. The van der Waals surface area contributed by atoms with E-state index in [-0.39, 0.29) is 11.5 Å². The Labute approximate surface area is 160 Å². The third-order valence-corrected chi connectivity index (χ3v) is 4.37. The van der Waals surface area contributed by atoms with E-state index in [1.54, 1.807) is 42.1 Å². The van der Waals surface area contributed by atoms with Crippen LogP contribution in [0.3, 0.4) is 0 Å². The Kier molecular flexibility index (Phi) is 6.17. The van der Waals surface area contributed by atoms with Crippen LogP contribution in [0, 0.1) is 12.7 Å². The molecule has 1 aromatic carbocycles. The van der Waals surface area contributed by atoms with E-state index in [1.807, 2.05) is 19.3 Å². The lowest BCUT2D eigenvalue weighted by Gasteiger charge is -2.09. The predicted octanol–water partition coefficient (Wildman–Crippen LogP) is 2.38. The van der Waals surface area contributed by atoms with Crippen molar-refractivity contribution in [1.29, 1.82) is 0 Å². The summed E-state index contributed by atoms with van der Waals surface area (Å²) in [6.07, 6.45) is 3.65. The lowest BCUT2D eigenvalue weighted by atomic mass is 10.2. The molecular weight excluding hydrogens is 367 g/mol. The minimum Gasteiger partial charge on any atom is -0.316 e. The number of carbonyl (C=O) groups excluding carboxylic acids is 1. The zero-order valence-electron chi connectivity index (χ0n) is 14.9. The Morgan fingerprint density at radius 1 is 1.30 bits per heavy atom.